The first kappa shape index (κ1) is 18.8. The number of anilines is 2. The van der Waals surface area contributed by atoms with Gasteiger partial charge in [0.05, 0.1) is 0 Å². The molecule has 0 spiro atoms. The van der Waals surface area contributed by atoms with Crippen molar-refractivity contribution in [3.8, 4) is 0 Å². The molecule has 3 N–H and O–H groups in total. The molecule has 1 fully saturated rings. The summed E-state index contributed by atoms with van der Waals surface area (Å²) >= 11 is 0. The van der Waals surface area contributed by atoms with Gasteiger partial charge in [0.2, 0.25) is 5.91 Å². The molecule has 1 saturated heterocycles. The molecule has 0 unspecified atom stereocenters. The summed E-state index contributed by atoms with van der Waals surface area (Å²) < 4.78 is 0. The number of para-hydroxylation sites is 1. The van der Waals surface area contributed by atoms with Crippen molar-refractivity contribution in [3.05, 3.63) is 60.2 Å². The number of nitrogens with two attached hydrogens (primary N) is 1. The number of piperidine rings is 1. The lowest BCUT2D eigenvalue weighted by atomic mass is 9.95. The highest BCUT2D eigenvalue weighted by atomic mass is 35.5. The second-order valence-electron chi connectivity index (χ2n) is 6.04. The van der Waals surface area contributed by atoms with Gasteiger partial charge in [-0.3, -0.25) is 9.59 Å². The Morgan fingerprint density at radius 2 is 1.56 bits per heavy atom. The summed E-state index contributed by atoms with van der Waals surface area (Å²) in [5.41, 5.74) is 7.74. The van der Waals surface area contributed by atoms with Gasteiger partial charge in [-0.25, -0.2) is 0 Å². The van der Waals surface area contributed by atoms with Crippen LogP contribution in [0, 0.1) is 5.92 Å². The van der Waals surface area contributed by atoms with Crippen LogP contribution in [0.25, 0.3) is 0 Å². The monoisotopic (exact) mass is 359 g/mol. The van der Waals surface area contributed by atoms with Crippen molar-refractivity contribution in [1.29, 1.82) is 0 Å². The maximum Gasteiger partial charge on any atom is 0.253 e. The van der Waals surface area contributed by atoms with Gasteiger partial charge in [0.1, 0.15) is 0 Å². The van der Waals surface area contributed by atoms with Crippen molar-refractivity contribution >= 4 is 35.6 Å². The largest absolute Gasteiger partial charge is 0.399 e. The molecule has 5 nitrogen and oxygen atoms in total. The standard InChI is InChI=1S/C19H21N3O2.ClH/c20-16-8-6-15(7-9-16)19(24)22-12-10-14(11-13-22)18(23)21-17-4-2-1-3-5-17;/h1-9,14H,10-13,20H2,(H,21,23);1H. The van der Waals surface area contributed by atoms with E-state index in [0.717, 1.165) is 5.69 Å². The lowest BCUT2D eigenvalue weighted by molar-refractivity contribution is -0.121. The second kappa shape index (κ2) is 8.53. The molecule has 132 valence electrons. The van der Waals surface area contributed by atoms with Gasteiger partial charge in [0.25, 0.3) is 5.91 Å². The van der Waals surface area contributed by atoms with Crippen molar-refractivity contribution in [2.24, 2.45) is 5.92 Å². The third-order valence-corrected chi connectivity index (χ3v) is 4.35. The normalized spacial score (nSPS) is 14.5. The first-order valence-electron chi connectivity index (χ1n) is 8.14. The molecule has 1 heterocycles. The van der Waals surface area contributed by atoms with E-state index in [0.29, 0.717) is 37.2 Å². The van der Waals surface area contributed by atoms with Gasteiger partial charge in [-0.1, -0.05) is 18.2 Å². The quantitative estimate of drug-likeness (QED) is 0.826. The Labute approximate surface area is 153 Å². The van der Waals surface area contributed by atoms with Crippen molar-refractivity contribution in [3.63, 3.8) is 0 Å². The van der Waals surface area contributed by atoms with Crippen LogP contribution in [0.4, 0.5) is 11.4 Å². The average Bonchev–Trinajstić information content (AvgIpc) is 2.63. The van der Waals surface area contributed by atoms with Gasteiger partial charge in [-0.05, 0) is 49.2 Å². The fraction of sp³-hybridized carbons (Fsp3) is 0.263. The first-order valence-corrected chi connectivity index (χ1v) is 8.14. The van der Waals surface area contributed by atoms with Gasteiger partial charge in [0, 0.05) is 35.9 Å². The number of amides is 2. The third-order valence-electron chi connectivity index (χ3n) is 4.35. The molecule has 0 radical (unpaired) electrons. The summed E-state index contributed by atoms with van der Waals surface area (Å²) in [7, 11) is 0. The molecule has 0 saturated carbocycles. The summed E-state index contributed by atoms with van der Waals surface area (Å²) in [6.07, 6.45) is 1.36. The van der Waals surface area contributed by atoms with Crippen LogP contribution in [-0.2, 0) is 4.79 Å². The highest BCUT2D eigenvalue weighted by molar-refractivity contribution is 5.95. The summed E-state index contributed by atoms with van der Waals surface area (Å²) in [6, 6.07) is 16.4. The topological polar surface area (TPSA) is 75.4 Å². The summed E-state index contributed by atoms with van der Waals surface area (Å²) in [6.45, 7) is 1.19. The van der Waals surface area contributed by atoms with E-state index in [4.69, 9.17) is 5.73 Å². The highest BCUT2D eigenvalue weighted by Crippen LogP contribution is 2.21. The number of nitrogens with one attached hydrogen (secondary N) is 1. The molecule has 0 bridgehead atoms. The molecule has 25 heavy (non-hydrogen) atoms. The molecular weight excluding hydrogens is 338 g/mol. The second-order valence-corrected chi connectivity index (χ2v) is 6.04. The van der Waals surface area contributed by atoms with Crippen LogP contribution in [0.5, 0.6) is 0 Å². The molecule has 1 aliphatic rings. The predicted octanol–water partition coefficient (Wildman–Crippen LogP) is 3.18. The lowest BCUT2D eigenvalue weighted by Gasteiger charge is -2.31. The summed E-state index contributed by atoms with van der Waals surface area (Å²) in [5, 5.41) is 2.94. The Morgan fingerprint density at radius 1 is 0.960 bits per heavy atom. The minimum atomic E-state index is -0.0549. The summed E-state index contributed by atoms with van der Waals surface area (Å²) in [4.78, 5) is 26.6. The zero-order chi connectivity index (χ0) is 16.9. The maximum absolute atomic E-state index is 12.5. The van der Waals surface area contributed by atoms with Crippen LogP contribution in [0.2, 0.25) is 0 Å². The van der Waals surface area contributed by atoms with Crippen LogP contribution < -0.4 is 11.1 Å². The van der Waals surface area contributed by atoms with E-state index in [2.05, 4.69) is 5.32 Å². The highest BCUT2D eigenvalue weighted by Gasteiger charge is 2.27. The number of nitrogens with zero attached hydrogens (tertiary/aromatic N) is 1. The third kappa shape index (κ3) is 4.73. The Morgan fingerprint density at radius 3 is 2.16 bits per heavy atom. The van der Waals surface area contributed by atoms with Gasteiger partial charge in [0.15, 0.2) is 0 Å². The van der Waals surface area contributed by atoms with Crippen molar-refractivity contribution in [2.75, 3.05) is 24.1 Å². The molecule has 3 rings (SSSR count). The molecule has 0 aliphatic carbocycles. The number of carbonyl (C=O) groups is 2. The fourth-order valence-corrected chi connectivity index (χ4v) is 2.92. The smallest absolute Gasteiger partial charge is 0.253 e. The average molecular weight is 360 g/mol. The van der Waals surface area contributed by atoms with E-state index >= 15 is 0 Å². The number of carbonyl (C=O) groups excluding carboxylic acids is 2. The van der Waals surface area contributed by atoms with E-state index < -0.39 is 0 Å². The Bertz CT molecular complexity index is 711. The number of benzene rings is 2. The number of likely N-dealkylation sites (tertiary alicyclic amines) is 1. The molecule has 2 aromatic carbocycles. The van der Waals surface area contributed by atoms with Crippen LogP contribution >= 0.6 is 12.4 Å². The molecular formula is C19H22ClN3O2. The molecule has 0 atom stereocenters. The van der Waals surface area contributed by atoms with Crippen molar-refractivity contribution in [1.82, 2.24) is 4.90 Å². The van der Waals surface area contributed by atoms with Gasteiger partial charge >= 0.3 is 0 Å². The minimum absolute atomic E-state index is 0. The van der Waals surface area contributed by atoms with E-state index in [9.17, 15) is 9.59 Å². The minimum Gasteiger partial charge on any atom is -0.399 e. The SMILES string of the molecule is Cl.Nc1ccc(C(=O)N2CCC(C(=O)Nc3ccccc3)CC2)cc1. The van der Waals surface area contributed by atoms with Crippen LogP contribution in [0.3, 0.4) is 0 Å². The summed E-state index contributed by atoms with van der Waals surface area (Å²) in [5.74, 6) is -0.0293. The number of nitrogen functional groups attached to an aromatic ring is 1. The number of hydrogen-bond acceptors (Lipinski definition) is 3. The fourth-order valence-electron chi connectivity index (χ4n) is 2.92. The van der Waals surface area contributed by atoms with E-state index in [1.807, 2.05) is 30.3 Å². The Kier molecular flexibility index (Phi) is 6.42. The molecule has 2 aromatic rings. The van der Waals surface area contributed by atoms with Gasteiger partial charge in [-0.15, -0.1) is 12.4 Å². The van der Waals surface area contributed by atoms with Gasteiger partial charge < -0.3 is 16.0 Å². The molecule has 2 amide bonds. The Hall–Kier alpha value is -2.53. The van der Waals surface area contributed by atoms with Crippen LogP contribution in [-0.4, -0.2) is 29.8 Å². The Balaban J connectivity index is 0.00000225. The predicted molar refractivity (Wildman–Crippen MR) is 102 cm³/mol. The molecule has 0 aromatic heterocycles. The van der Waals surface area contributed by atoms with Gasteiger partial charge in [-0.2, -0.15) is 0 Å². The van der Waals surface area contributed by atoms with E-state index in [1.54, 1.807) is 29.2 Å². The number of hydrogen-bond donors (Lipinski definition) is 2. The first-order chi connectivity index (χ1) is 11.6. The number of halogens is 1. The maximum atomic E-state index is 12.5. The zero-order valence-corrected chi connectivity index (χ0v) is 14.7. The van der Waals surface area contributed by atoms with Crippen molar-refractivity contribution < 1.29 is 9.59 Å². The molecule has 1 aliphatic heterocycles. The number of rotatable bonds is 3. The van der Waals surface area contributed by atoms with Crippen LogP contribution in [0.1, 0.15) is 23.2 Å². The van der Waals surface area contributed by atoms with Crippen molar-refractivity contribution in [2.45, 2.75) is 12.8 Å². The van der Waals surface area contributed by atoms with E-state index in [-0.39, 0.29) is 30.1 Å². The van der Waals surface area contributed by atoms with E-state index in [1.165, 1.54) is 0 Å². The zero-order valence-electron chi connectivity index (χ0n) is 13.9. The lowest BCUT2D eigenvalue weighted by Crippen LogP contribution is -2.41. The molecule has 6 heteroatoms. The van der Waals surface area contributed by atoms with Crippen LogP contribution in [0.15, 0.2) is 54.6 Å².